The Morgan fingerprint density at radius 2 is 1.82 bits per heavy atom. The van der Waals surface area contributed by atoms with Crippen LogP contribution in [0, 0.1) is 6.92 Å². The number of rotatable bonds is 2. The number of anilines is 1. The summed E-state index contributed by atoms with van der Waals surface area (Å²) in [5.41, 5.74) is 4.79. The van der Waals surface area contributed by atoms with Crippen molar-refractivity contribution in [3.63, 3.8) is 0 Å². The Labute approximate surface area is 130 Å². The van der Waals surface area contributed by atoms with Crippen molar-refractivity contribution in [1.82, 2.24) is 9.78 Å². The predicted octanol–water partition coefficient (Wildman–Crippen LogP) is 4.26. The topological polar surface area (TPSA) is 29.9 Å². The van der Waals surface area contributed by atoms with Crippen LogP contribution >= 0.6 is 0 Å². The minimum Gasteiger partial charge on any atom is -0.370 e. The molecule has 0 fully saturated rings. The minimum atomic E-state index is 0.316. The Hall–Kier alpha value is -2.55. The number of hydrogen-bond acceptors (Lipinski definition) is 2. The van der Waals surface area contributed by atoms with E-state index in [-0.39, 0.29) is 0 Å². The van der Waals surface area contributed by atoms with Crippen LogP contribution in [-0.4, -0.2) is 16.3 Å². The van der Waals surface area contributed by atoms with Gasteiger partial charge in [0.15, 0.2) is 0 Å². The van der Waals surface area contributed by atoms with Crippen molar-refractivity contribution in [2.75, 3.05) is 11.9 Å². The molecule has 0 saturated heterocycles. The summed E-state index contributed by atoms with van der Waals surface area (Å²) in [6.07, 6.45) is 1.06. The van der Waals surface area contributed by atoms with Crippen molar-refractivity contribution in [3.05, 3.63) is 71.8 Å². The molecule has 110 valence electrons. The summed E-state index contributed by atoms with van der Waals surface area (Å²) in [6.45, 7) is 3.09. The monoisotopic (exact) mass is 289 g/mol. The third-order valence-corrected chi connectivity index (χ3v) is 4.29. The van der Waals surface area contributed by atoms with Gasteiger partial charge in [0, 0.05) is 18.2 Å². The Balaban J connectivity index is 1.75. The Bertz CT molecular complexity index is 772. The van der Waals surface area contributed by atoms with Crippen LogP contribution in [0.1, 0.15) is 23.6 Å². The van der Waals surface area contributed by atoms with Gasteiger partial charge in [-0.2, -0.15) is 5.10 Å². The van der Waals surface area contributed by atoms with E-state index < -0.39 is 0 Å². The number of aromatic nitrogens is 2. The number of nitrogens with zero attached hydrogens (tertiary/aromatic N) is 2. The molecule has 1 aliphatic rings. The molecule has 0 radical (unpaired) electrons. The zero-order valence-electron chi connectivity index (χ0n) is 12.7. The fourth-order valence-corrected chi connectivity index (χ4v) is 3.07. The van der Waals surface area contributed by atoms with Crippen LogP contribution in [0.3, 0.4) is 0 Å². The summed E-state index contributed by atoms with van der Waals surface area (Å²) in [7, 11) is 0. The lowest BCUT2D eigenvalue weighted by Gasteiger charge is -2.25. The molecular formula is C19H19N3. The van der Waals surface area contributed by atoms with E-state index in [1.807, 2.05) is 0 Å². The minimum absolute atomic E-state index is 0.316. The third kappa shape index (κ3) is 2.29. The number of fused-ring (bicyclic) bond motifs is 1. The highest BCUT2D eigenvalue weighted by Gasteiger charge is 2.23. The maximum absolute atomic E-state index is 4.86. The van der Waals surface area contributed by atoms with Crippen LogP contribution in [0.4, 0.5) is 5.82 Å². The van der Waals surface area contributed by atoms with Crippen molar-refractivity contribution in [2.45, 2.75) is 19.4 Å². The molecule has 2 aromatic carbocycles. The molecular weight excluding hydrogens is 270 g/mol. The maximum Gasteiger partial charge on any atom is 0.125 e. The SMILES string of the molecule is Cc1ccc(-c2cc3n(n2)C(c2ccccc2)CCN3)cc1. The summed E-state index contributed by atoms with van der Waals surface area (Å²) in [5.74, 6) is 1.11. The van der Waals surface area contributed by atoms with Crippen molar-refractivity contribution in [2.24, 2.45) is 0 Å². The van der Waals surface area contributed by atoms with Crippen LogP contribution in [-0.2, 0) is 0 Å². The molecule has 2 heterocycles. The van der Waals surface area contributed by atoms with Gasteiger partial charge in [0.05, 0.1) is 11.7 Å². The second-order valence-electron chi connectivity index (χ2n) is 5.87. The van der Waals surface area contributed by atoms with Crippen LogP contribution in [0.5, 0.6) is 0 Å². The van der Waals surface area contributed by atoms with E-state index in [9.17, 15) is 0 Å². The standard InChI is InChI=1S/C19H19N3/c1-14-7-9-15(10-8-14)17-13-19-20-12-11-18(22(19)21-17)16-5-3-2-4-6-16/h2-10,13,18,20H,11-12H2,1H3. The lowest BCUT2D eigenvalue weighted by atomic mass is 10.0. The summed E-state index contributed by atoms with van der Waals surface area (Å²) in [6, 6.07) is 21.7. The van der Waals surface area contributed by atoms with Crippen LogP contribution in [0.2, 0.25) is 0 Å². The van der Waals surface area contributed by atoms with Gasteiger partial charge >= 0.3 is 0 Å². The number of aryl methyl sites for hydroxylation is 1. The number of benzene rings is 2. The second-order valence-corrected chi connectivity index (χ2v) is 5.87. The summed E-state index contributed by atoms with van der Waals surface area (Å²) >= 11 is 0. The number of nitrogens with one attached hydrogen (secondary N) is 1. The molecule has 3 heteroatoms. The summed E-state index contributed by atoms with van der Waals surface area (Å²) < 4.78 is 2.13. The third-order valence-electron chi connectivity index (χ3n) is 4.29. The fraction of sp³-hybridized carbons (Fsp3) is 0.211. The molecule has 0 aliphatic carbocycles. The summed E-state index contributed by atoms with van der Waals surface area (Å²) in [5, 5.41) is 8.33. The van der Waals surface area contributed by atoms with Gasteiger partial charge in [0.25, 0.3) is 0 Å². The lowest BCUT2D eigenvalue weighted by Crippen LogP contribution is -2.24. The van der Waals surface area contributed by atoms with Gasteiger partial charge < -0.3 is 5.32 Å². The van der Waals surface area contributed by atoms with Crippen LogP contribution < -0.4 is 5.32 Å². The summed E-state index contributed by atoms with van der Waals surface area (Å²) in [4.78, 5) is 0. The normalized spacial score (nSPS) is 16.9. The van der Waals surface area contributed by atoms with Gasteiger partial charge in [0.1, 0.15) is 5.82 Å². The molecule has 1 N–H and O–H groups in total. The molecule has 0 spiro atoms. The first-order valence-electron chi connectivity index (χ1n) is 7.77. The molecule has 1 atom stereocenters. The van der Waals surface area contributed by atoms with Crippen LogP contribution in [0.15, 0.2) is 60.7 Å². The van der Waals surface area contributed by atoms with E-state index >= 15 is 0 Å². The van der Waals surface area contributed by atoms with E-state index in [0.717, 1.165) is 24.5 Å². The highest BCUT2D eigenvalue weighted by atomic mass is 15.4. The molecule has 0 bridgehead atoms. The zero-order chi connectivity index (χ0) is 14.9. The van der Waals surface area contributed by atoms with E-state index in [1.165, 1.54) is 16.7 Å². The molecule has 3 aromatic rings. The van der Waals surface area contributed by atoms with Crippen molar-refractivity contribution in [1.29, 1.82) is 0 Å². The molecule has 0 saturated carbocycles. The largest absolute Gasteiger partial charge is 0.370 e. The van der Waals surface area contributed by atoms with Gasteiger partial charge in [-0.25, -0.2) is 4.68 Å². The quantitative estimate of drug-likeness (QED) is 0.763. The van der Waals surface area contributed by atoms with Gasteiger partial charge in [0.2, 0.25) is 0 Å². The molecule has 4 rings (SSSR count). The molecule has 1 aromatic heterocycles. The smallest absolute Gasteiger partial charge is 0.125 e. The molecule has 1 unspecified atom stereocenters. The van der Waals surface area contributed by atoms with Gasteiger partial charge in [-0.1, -0.05) is 60.2 Å². The number of hydrogen-bond donors (Lipinski definition) is 1. The maximum atomic E-state index is 4.86. The van der Waals surface area contributed by atoms with Gasteiger partial charge in [-0.05, 0) is 18.9 Å². The van der Waals surface area contributed by atoms with Gasteiger partial charge in [-0.15, -0.1) is 0 Å². The average Bonchev–Trinajstić information content (AvgIpc) is 3.00. The van der Waals surface area contributed by atoms with E-state index in [4.69, 9.17) is 5.10 Å². The van der Waals surface area contributed by atoms with Gasteiger partial charge in [-0.3, -0.25) is 0 Å². The predicted molar refractivity (Wildman–Crippen MR) is 90.1 cm³/mol. The first-order valence-corrected chi connectivity index (χ1v) is 7.77. The van der Waals surface area contributed by atoms with E-state index in [2.05, 4.69) is 77.6 Å². The Morgan fingerprint density at radius 3 is 2.59 bits per heavy atom. The van der Waals surface area contributed by atoms with Crippen molar-refractivity contribution >= 4 is 5.82 Å². The second kappa shape index (κ2) is 5.34. The fourth-order valence-electron chi connectivity index (χ4n) is 3.07. The van der Waals surface area contributed by atoms with Crippen LogP contribution in [0.25, 0.3) is 11.3 Å². The molecule has 22 heavy (non-hydrogen) atoms. The Morgan fingerprint density at radius 1 is 1.05 bits per heavy atom. The zero-order valence-corrected chi connectivity index (χ0v) is 12.7. The van der Waals surface area contributed by atoms with E-state index in [0.29, 0.717) is 6.04 Å². The molecule has 0 amide bonds. The van der Waals surface area contributed by atoms with E-state index in [1.54, 1.807) is 0 Å². The first kappa shape index (κ1) is 13.1. The van der Waals surface area contributed by atoms with Crippen molar-refractivity contribution < 1.29 is 0 Å². The highest BCUT2D eigenvalue weighted by molar-refractivity contribution is 5.64. The lowest BCUT2D eigenvalue weighted by molar-refractivity contribution is 0.483. The molecule has 3 nitrogen and oxygen atoms in total. The highest BCUT2D eigenvalue weighted by Crippen LogP contribution is 2.32. The average molecular weight is 289 g/mol. The first-order chi connectivity index (χ1) is 10.8. The Kier molecular flexibility index (Phi) is 3.19. The molecule has 1 aliphatic heterocycles. The van der Waals surface area contributed by atoms with Crippen molar-refractivity contribution in [3.8, 4) is 11.3 Å².